The maximum atomic E-state index is 5.95. The lowest BCUT2D eigenvalue weighted by Gasteiger charge is -2.36. The highest BCUT2D eigenvalue weighted by molar-refractivity contribution is 7.15. The van der Waals surface area contributed by atoms with Gasteiger partial charge in [0.25, 0.3) is 0 Å². The zero-order chi connectivity index (χ0) is 14.0. The topological polar surface area (TPSA) is 38.6 Å². The fourth-order valence-corrected chi connectivity index (χ4v) is 4.16. The van der Waals surface area contributed by atoms with Crippen molar-refractivity contribution in [3.05, 3.63) is 23.5 Å². The van der Waals surface area contributed by atoms with E-state index in [9.17, 15) is 0 Å². The van der Waals surface area contributed by atoms with Crippen LogP contribution in [0.15, 0.2) is 17.8 Å². The Kier molecular flexibility index (Phi) is 4.10. The molecular weight excluding hydrogens is 270 g/mol. The maximum absolute atomic E-state index is 5.95. The highest BCUT2D eigenvalue weighted by Crippen LogP contribution is 2.36. The van der Waals surface area contributed by atoms with Gasteiger partial charge < -0.3 is 10.1 Å². The summed E-state index contributed by atoms with van der Waals surface area (Å²) in [5.41, 5.74) is 1.15. The van der Waals surface area contributed by atoms with Crippen molar-refractivity contribution in [3.8, 4) is 0 Å². The minimum Gasteiger partial charge on any atom is -0.377 e. The number of methoxy groups -OCH3 is 1. The lowest BCUT2D eigenvalue weighted by molar-refractivity contribution is -0.0353. The zero-order valence-corrected chi connectivity index (χ0v) is 13.1. The van der Waals surface area contributed by atoms with Crippen LogP contribution < -0.4 is 5.32 Å². The second kappa shape index (κ2) is 5.84. The maximum Gasteiger partial charge on any atom is 0.193 e. The SMILES string of the molecule is CCNC(Cc1cn2ccsc2n1)C1(OC)CCCC1. The van der Waals surface area contributed by atoms with Crippen molar-refractivity contribution in [1.82, 2.24) is 14.7 Å². The normalized spacial score (nSPS) is 19.7. The summed E-state index contributed by atoms with van der Waals surface area (Å²) in [4.78, 5) is 5.79. The number of rotatable bonds is 6. The first-order valence-electron chi connectivity index (χ1n) is 7.47. The summed E-state index contributed by atoms with van der Waals surface area (Å²) in [6, 6.07) is 0.351. The number of ether oxygens (including phenoxy) is 1. The van der Waals surface area contributed by atoms with E-state index in [0.29, 0.717) is 6.04 Å². The molecule has 2 heterocycles. The van der Waals surface area contributed by atoms with Gasteiger partial charge in [0.1, 0.15) is 0 Å². The van der Waals surface area contributed by atoms with Crippen LogP contribution in [0.1, 0.15) is 38.3 Å². The van der Waals surface area contributed by atoms with Crippen molar-refractivity contribution < 1.29 is 4.74 Å². The van der Waals surface area contributed by atoms with E-state index in [1.807, 2.05) is 7.11 Å². The third kappa shape index (κ3) is 2.50. The molecule has 0 aliphatic heterocycles. The van der Waals surface area contributed by atoms with E-state index in [1.165, 1.54) is 12.8 Å². The van der Waals surface area contributed by atoms with Crippen molar-refractivity contribution in [1.29, 1.82) is 0 Å². The van der Waals surface area contributed by atoms with Crippen LogP contribution >= 0.6 is 11.3 Å². The first kappa shape index (κ1) is 14.0. The van der Waals surface area contributed by atoms with E-state index < -0.39 is 0 Å². The van der Waals surface area contributed by atoms with Crippen LogP contribution in [-0.4, -0.2) is 34.7 Å². The van der Waals surface area contributed by atoms with Gasteiger partial charge in [-0.05, 0) is 19.4 Å². The molecule has 3 rings (SSSR count). The summed E-state index contributed by atoms with van der Waals surface area (Å²) >= 11 is 1.69. The zero-order valence-electron chi connectivity index (χ0n) is 12.3. The Morgan fingerprint density at radius 2 is 2.30 bits per heavy atom. The quantitative estimate of drug-likeness (QED) is 0.890. The molecule has 0 radical (unpaired) electrons. The van der Waals surface area contributed by atoms with Gasteiger partial charge in [-0.1, -0.05) is 19.8 Å². The van der Waals surface area contributed by atoms with Crippen LogP contribution in [0.25, 0.3) is 4.96 Å². The third-order valence-electron chi connectivity index (χ3n) is 4.50. The Morgan fingerprint density at radius 3 is 2.95 bits per heavy atom. The van der Waals surface area contributed by atoms with Crippen LogP contribution in [0.3, 0.4) is 0 Å². The molecule has 1 atom stereocenters. The first-order valence-corrected chi connectivity index (χ1v) is 8.35. The average Bonchev–Trinajstić information content (AvgIpc) is 3.13. The summed E-state index contributed by atoms with van der Waals surface area (Å²) in [5, 5.41) is 5.70. The predicted molar refractivity (Wildman–Crippen MR) is 82.4 cm³/mol. The molecule has 1 N–H and O–H groups in total. The minimum atomic E-state index is -0.00689. The average molecular weight is 293 g/mol. The van der Waals surface area contributed by atoms with Gasteiger partial charge in [0.2, 0.25) is 0 Å². The third-order valence-corrected chi connectivity index (χ3v) is 5.27. The van der Waals surface area contributed by atoms with Gasteiger partial charge >= 0.3 is 0 Å². The fraction of sp³-hybridized carbons (Fsp3) is 0.667. The number of nitrogens with one attached hydrogen (secondary N) is 1. The number of likely N-dealkylation sites (N-methyl/N-ethyl adjacent to an activating group) is 1. The van der Waals surface area contributed by atoms with E-state index in [-0.39, 0.29) is 5.60 Å². The highest BCUT2D eigenvalue weighted by Gasteiger charge is 2.41. The lowest BCUT2D eigenvalue weighted by Crippen LogP contribution is -2.51. The van der Waals surface area contributed by atoms with E-state index in [2.05, 4.69) is 34.4 Å². The Morgan fingerprint density at radius 1 is 1.50 bits per heavy atom. The molecule has 1 unspecified atom stereocenters. The van der Waals surface area contributed by atoms with Gasteiger partial charge in [0, 0.05) is 37.3 Å². The molecule has 0 bridgehead atoms. The van der Waals surface area contributed by atoms with Crippen molar-refractivity contribution in [2.45, 2.75) is 50.7 Å². The lowest BCUT2D eigenvalue weighted by atomic mass is 9.88. The van der Waals surface area contributed by atoms with E-state index >= 15 is 0 Å². The van der Waals surface area contributed by atoms with Gasteiger partial charge in [-0.3, -0.25) is 4.40 Å². The van der Waals surface area contributed by atoms with Gasteiger partial charge in [0.15, 0.2) is 4.96 Å². The molecule has 1 aliphatic carbocycles. The van der Waals surface area contributed by atoms with Crippen molar-refractivity contribution >= 4 is 16.3 Å². The number of fused-ring (bicyclic) bond motifs is 1. The Labute approximate surface area is 124 Å². The van der Waals surface area contributed by atoms with Crippen LogP contribution in [0, 0.1) is 0 Å². The summed E-state index contributed by atoms with van der Waals surface area (Å²) in [6.45, 7) is 3.13. The molecule has 2 aromatic heterocycles. The van der Waals surface area contributed by atoms with E-state index in [0.717, 1.165) is 36.5 Å². The fourth-order valence-electron chi connectivity index (χ4n) is 3.44. The number of aromatic nitrogens is 2. The van der Waals surface area contributed by atoms with E-state index in [1.54, 1.807) is 11.3 Å². The minimum absolute atomic E-state index is 0.00689. The summed E-state index contributed by atoms with van der Waals surface area (Å²) in [7, 11) is 1.86. The Hall–Kier alpha value is -0.910. The second-order valence-corrected chi connectivity index (χ2v) is 6.49. The molecule has 0 spiro atoms. The molecule has 110 valence electrons. The molecule has 1 aliphatic rings. The van der Waals surface area contributed by atoms with Crippen LogP contribution in [0.4, 0.5) is 0 Å². The molecule has 5 heteroatoms. The highest BCUT2D eigenvalue weighted by atomic mass is 32.1. The smallest absolute Gasteiger partial charge is 0.193 e. The van der Waals surface area contributed by atoms with Crippen LogP contribution in [-0.2, 0) is 11.2 Å². The molecule has 1 saturated carbocycles. The molecule has 0 amide bonds. The number of hydrogen-bond donors (Lipinski definition) is 1. The largest absolute Gasteiger partial charge is 0.377 e. The summed E-state index contributed by atoms with van der Waals surface area (Å²) in [6.07, 6.45) is 10.0. The molecule has 0 saturated heterocycles. The number of thiazole rings is 1. The number of hydrogen-bond acceptors (Lipinski definition) is 4. The van der Waals surface area contributed by atoms with Gasteiger partial charge in [0.05, 0.1) is 11.3 Å². The molecule has 2 aromatic rings. The van der Waals surface area contributed by atoms with Gasteiger partial charge in [-0.15, -0.1) is 11.3 Å². The number of imidazole rings is 1. The Balaban J connectivity index is 1.81. The summed E-state index contributed by atoms with van der Waals surface area (Å²) < 4.78 is 8.06. The van der Waals surface area contributed by atoms with Gasteiger partial charge in [-0.2, -0.15) is 0 Å². The molecule has 20 heavy (non-hydrogen) atoms. The molecule has 0 aromatic carbocycles. The van der Waals surface area contributed by atoms with E-state index in [4.69, 9.17) is 9.72 Å². The molecule has 1 fully saturated rings. The predicted octanol–water partition coefficient (Wildman–Crippen LogP) is 2.88. The molecular formula is C15H23N3OS. The standard InChI is InChI=1S/C15H23N3OS/c1-3-16-13(15(19-2)6-4-5-7-15)10-12-11-18-8-9-20-14(18)17-12/h8-9,11,13,16H,3-7,10H2,1-2H3. The Bertz CT molecular complexity index is 528. The van der Waals surface area contributed by atoms with Crippen molar-refractivity contribution in [3.63, 3.8) is 0 Å². The van der Waals surface area contributed by atoms with Gasteiger partial charge in [-0.25, -0.2) is 4.98 Å². The van der Waals surface area contributed by atoms with Crippen molar-refractivity contribution in [2.24, 2.45) is 0 Å². The van der Waals surface area contributed by atoms with Crippen molar-refractivity contribution in [2.75, 3.05) is 13.7 Å². The monoisotopic (exact) mass is 293 g/mol. The van der Waals surface area contributed by atoms with Crippen LogP contribution in [0.2, 0.25) is 0 Å². The summed E-state index contributed by atoms with van der Waals surface area (Å²) in [5.74, 6) is 0. The number of nitrogens with zero attached hydrogens (tertiary/aromatic N) is 2. The molecule has 4 nitrogen and oxygen atoms in total. The van der Waals surface area contributed by atoms with Crippen LogP contribution in [0.5, 0.6) is 0 Å². The first-order chi connectivity index (χ1) is 9.77. The second-order valence-electron chi connectivity index (χ2n) is 5.62.